The van der Waals surface area contributed by atoms with Crippen LogP contribution in [0.3, 0.4) is 0 Å². The van der Waals surface area contributed by atoms with Crippen LogP contribution in [0, 0.1) is 5.41 Å². The molecule has 1 aromatic carbocycles. The highest BCUT2D eigenvalue weighted by atomic mass is 35.5. The molecule has 2 unspecified atom stereocenters. The summed E-state index contributed by atoms with van der Waals surface area (Å²) >= 11 is 12.0. The topological polar surface area (TPSA) is 50.4 Å². The molecule has 2 heterocycles. The Morgan fingerprint density at radius 1 is 1.33 bits per heavy atom. The van der Waals surface area contributed by atoms with Crippen molar-refractivity contribution in [3.8, 4) is 0 Å². The van der Waals surface area contributed by atoms with Gasteiger partial charge in [-0.2, -0.15) is 0 Å². The molecule has 1 fully saturated rings. The molecule has 0 bridgehead atoms. The zero-order valence-corrected chi connectivity index (χ0v) is 11.2. The molecule has 0 radical (unpaired) electrons. The summed E-state index contributed by atoms with van der Waals surface area (Å²) in [5.41, 5.74) is 0.861. The van der Waals surface area contributed by atoms with Gasteiger partial charge in [0.2, 0.25) is 5.91 Å². The summed E-state index contributed by atoms with van der Waals surface area (Å²) in [4.78, 5) is 12.3. The number of amides is 1. The summed E-state index contributed by atoms with van der Waals surface area (Å²) in [6.45, 7) is 2.80. The van der Waals surface area contributed by atoms with Crippen LogP contribution in [0.25, 0.3) is 0 Å². The Morgan fingerprint density at radius 3 is 2.72 bits per heavy atom. The van der Waals surface area contributed by atoms with Crippen LogP contribution in [-0.2, 0) is 9.53 Å². The van der Waals surface area contributed by atoms with E-state index in [0.29, 0.717) is 28.9 Å². The van der Waals surface area contributed by atoms with E-state index in [-0.39, 0.29) is 11.9 Å². The van der Waals surface area contributed by atoms with E-state index in [2.05, 4.69) is 10.6 Å². The summed E-state index contributed by atoms with van der Waals surface area (Å²) in [6, 6.07) is 3.33. The summed E-state index contributed by atoms with van der Waals surface area (Å²) in [5.74, 6) is -0.0605. The molecule has 0 aliphatic carbocycles. The largest absolute Gasteiger partial charge is 0.378 e. The Morgan fingerprint density at radius 2 is 2.00 bits per heavy atom. The van der Waals surface area contributed by atoms with Crippen LogP contribution in [-0.4, -0.2) is 25.2 Å². The molecule has 2 N–H and O–H groups in total. The van der Waals surface area contributed by atoms with E-state index in [1.165, 1.54) is 0 Å². The molecule has 3 rings (SSSR count). The quantitative estimate of drug-likeness (QED) is 0.771. The van der Waals surface area contributed by atoms with E-state index in [4.69, 9.17) is 27.9 Å². The predicted molar refractivity (Wildman–Crippen MR) is 71.4 cm³/mol. The fourth-order valence-electron chi connectivity index (χ4n) is 2.32. The number of hydrogen-bond acceptors (Lipinski definition) is 3. The van der Waals surface area contributed by atoms with Gasteiger partial charge in [-0.15, -0.1) is 0 Å². The molecule has 2 aliphatic rings. The fourth-order valence-corrected chi connectivity index (χ4v) is 2.65. The molecule has 2 atom stereocenters. The molecule has 96 valence electrons. The number of rotatable bonds is 0. The second-order valence-corrected chi connectivity index (χ2v) is 5.71. The van der Waals surface area contributed by atoms with Crippen LogP contribution in [0.1, 0.15) is 6.92 Å². The number of ether oxygens (including phenoxy) is 1. The van der Waals surface area contributed by atoms with Gasteiger partial charge in [-0.05, 0) is 19.1 Å². The number of halogens is 2. The molecule has 1 amide bonds. The Balaban J connectivity index is 2.08. The standard InChI is InChI=1S/C12H12Cl2N2O2/c1-12-5-18-4-10(12)15-8-2-6(13)7(14)3-9(8)16-11(12)17/h2-3,10,15H,4-5H2,1H3,(H,16,17). The van der Waals surface area contributed by atoms with Gasteiger partial charge < -0.3 is 15.4 Å². The number of anilines is 2. The Kier molecular flexibility index (Phi) is 2.70. The number of nitrogens with one attached hydrogen (secondary N) is 2. The van der Waals surface area contributed by atoms with Crippen LogP contribution >= 0.6 is 23.2 Å². The minimum absolute atomic E-state index is 0.0593. The van der Waals surface area contributed by atoms with Gasteiger partial charge in [-0.25, -0.2) is 0 Å². The minimum Gasteiger partial charge on any atom is -0.378 e. The first-order chi connectivity index (χ1) is 8.50. The normalized spacial score (nSPS) is 29.9. The van der Waals surface area contributed by atoms with E-state index < -0.39 is 5.41 Å². The summed E-state index contributed by atoms with van der Waals surface area (Å²) in [5, 5.41) is 7.07. The first-order valence-electron chi connectivity index (χ1n) is 5.65. The van der Waals surface area contributed by atoms with Crippen LogP contribution in [0.4, 0.5) is 11.4 Å². The maximum absolute atomic E-state index is 12.3. The Bertz CT molecular complexity index is 535. The van der Waals surface area contributed by atoms with E-state index in [1.807, 2.05) is 6.92 Å². The van der Waals surface area contributed by atoms with Crippen LogP contribution < -0.4 is 10.6 Å². The van der Waals surface area contributed by atoms with Gasteiger partial charge in [-0.1, -0.05) is 23.2 Å². The van der Waals surface area contributed by atoms with Gasteiger partial charge >= 0.3 is 0 Å². The molecule has 1 saturated heterocycles. The van der Waals surface area contributed by atoms with E-state index >= 15 is 0 Å². The van der Waals surface area contributed by atoms with Crippen molar-refractivity contribution in [2.75, 3.05) is 23.8 Å². The van der Waals surface area contributed by atoms with Crippen molar-refractivity contribution in [1.29, 1.82) is 0 Å². The zero-order chi connectivity index (χ0) is 12.9. The molecule has 0 aromatic heterocycles. The Hall–Kier alpha value is -0.970. The third kappa shape index (κ3) is 1.67. The molecular formula is C12H12Cl2N2O2. The number of carbonyl (C=O) groups is 1. The molecule has 0 spiro atoms. The van der Waals surface area contributed by atoms with Crippen LogP contribution in [0.15, 0.2) is 12.1 Å². The lowest BCUT2D eigenvalue weighted by molar-refractivity contribution is -0.124. The summed E-state index contributed by atoms with van der Waals surface area (Å²) in [7, 11) is 0. The van der Waals surface area contributed by atoms with E-state index in [1.54, 1.807) is 12.1 Å². The van der Waals surface area contributed by atoms with Crippen LogP contribution in [0.2, 0.25) is 10.0 Å². The first kappa shape index (κ1) is 12.1. The average Bonchev–Trinajstić information content (AvgIpc) is 2.64. The van der Waals surface area contributed by atoms with Crippen molar-refractivity contribution in [3.63, 3.8) is 0 Å². The molecule has 6 heteroatoms. The third-order valence-corrected chi connectivity index (χ3v) is 4.33. The number of hydrogen-bond donors (Lipinski definition) is 2. The maximum Gasteiger partial charge on any atom is 0.234 e. The zero-order valence-electron chi connectivity index (χ0n) is 9.72. The molecule has 2 aliphatic heterocycles. The van der Waals surface area contributed by atoms with Gasteiger partial charge in [0.1, 0.15) is 0 Å². The lowest BCUT2D eigenvalue weighted by Gasteiger charge is -2.25. The van der Waals surface area contributed by atoms with Gasteiger partial charge in [0, 0.05) is 0 Å². The maximum atomic E-state index is 12.3. The summed E-state index contributed by atoms with van der Waals surface area (Å²) < 4.78 is 5.41. The smallest absolute Gasteiger partial charge is 0.234 e. The van der Waals surface area contributed by atoms with Crippen molar-refractivity contribution >= 4 is 40.5 Å². The summed E-state index contributed by atoms with van der Waals surface area (Å²) in [6.07, 6.45) is 0. The fraction of sp³-hybridized carbons (Fsp3) is 0.417. The van der Waals surface area contributed by atoms with Gasteiger partial charge in [-0.3, -0.25) is 4.79 Å². The van der Waals surface area contributed by atoms with E-state index in [0.717, 1.165) is 5.69 Å². The highest BCUT2D eigenvalue weighted by molar-refractivity contribution is 6.42. The molecule has 1 aromatic rings. The minimum atomic E-state index is -0.571. The number of carbonyl (C=O) groups excluding carboxylic acids is 1. The first-order valence-corrected chi connectivity index (χ1v) is 6.41. The van der Waals surface area contributed by atoms with Gasteiger partial charge in [0.25, 0.3) is 0 Å². The number of fused-ring (bicyclic) bond motifs is 2. The van der Waals surface area contributed by atoms with Crippen molar-refractivity contribution < 1.29 is 9.53 Å². The highest BCUT2D eigenvalue weighted by Gasteiger charge is 2.48. The highest BCUT2D eigenvalue weighted by Crippen LogP contribution is 2.40. The third-order valence-electron chi connectivity index (χ3n) is 3.61. The SMILES string of the molecule is CC12COCC1Nc1cc(Cl)c(Cl)cc1NC2=O. The van der Waals surface area contributed by atoms with E-state index in [9.17, 15) is 4.79 Å². The molecular weight excluding hydrogens is 275 g/mol. The van der Waals surface area contributed by atoms with Crippen LogP contribution in [0.5, 0.6) is 0 Å². The van der Waals surface area contributed by atoms with Gasteiger partial charge in [0.15, 0.2) is 0 Å². The second kappa shape index (κ2) is 4.02. The van der Waals surface area contributed by atoms with Gasteiger partial charge in [0.05, 0.1) is 46.1 Å². The monoisotopic (exact) mass is 286 g/mol. The van der Waals surface area contributed by atoms with Crippen molar-refractivity contribution in [2.24, 2.45) is 5.41 Å². The predicted octanol–water partition coefficient (Wildman–Crippen LogP) is 2.76. The van der Waals surface area contributed by atoms with Crippen molar-refractivity contribution in [1.82, 2.24) is 0 Å². The molecule has 0 saturated carbocycles. The van der Waals surface area contributed by atoms with Crippen molar-refractivity contribution in [3.05, 3.63) is 22.2 Å². The Labute approximate surface area is 115 Å². The lowest BCUT2D eigenvalue weighted by Crippen LogP contribution is -2.44. The number of benzene rings is 1. The average molecular weight is 287 g/mol. The van der Waals surface area contributed by atoms with Crippen molar-refractivity contribution in [2.45, 2.75) is 13.0 Å². The molecule has 18 heavy (non-hydrogen) atoms. The second-order valence-electron chi connectivity index (χ2n) is 4.90. The molecule has 4 nitrogen and oxygen atoms in total. The lowest BCUT2D eigenvalue weighted by atomic mass is 9.84.